The largest absolute Gasteiger partial charge is 0.383 e. The van der Waals surface area contributed by atoms with Gasteiger partial charge >= 0.3 is 0 Å². The Hall–Kier alpha value is -2.24. The lowest BCUT2D eigenvalue weighted by molar-refractivity contribution is 0.0982. The predicted molar refractivity (Wildman–Crippen MR) is 131 cm³/mol. The summed E-state index contributed by atoms with van der Waals surface area (Å²) >= 11 is 0. The molecule has 2 aromatic rings. The van der Waals surface area contributed by atoms with Crippen molar-refractivity contribution in [3.8, 4) is 0 Å². The first-order valence-electron chi connectivity index (χ1n) is 11.6. The predicted octanol–water partition coefficient (Wildman–Crippen LogP) is 5.55. The number of imidazole rings is 1. The van der Waals surface area contributed by atoms with Crippen LogP contribution in [0.1, 0.15) is 80.0 Å². The van der Waals surface area contributed by atoms with E-state index in [0.29, 0.717) is 24.3 Å². The molecule has 0 saturated heterocycles. The van der Waals surface area contributed by atoms with Crippen LogP contribution in [0, 0.1) is 12.3 Å². The van der Waals surface area contributed by atoms with E-state index in [-0.39, 0.29) is 11.3 Å². The van der Waals surface area contributed by atoms with Crippen LogP contribution in [-0.2, 0) is 16.7 Å². The zero-order valence-corrected chi connectivity index (χ0v) is 20.8. The quantitative estimate of drug-likeness (QED) is 0.523. The molecule has 1 aromatic carbocycles. The first kappa shape index (κ1) is 24.4. The van der Waals surface area contributed by atoms with Gasteiger partial charge < -0.3 is 9.72 Å². The van der Waals surface area contributed by atoms with E-state index in [0.717, 1.165) is 37.1 Å². The number of ether oxygens (including phenoxy) is 1. The number of hydrogen-bond acceptors (Lipinski definition) is 4. The number of methoxy groups -OCH3 is 1. The number of likely N-dealkylation sites (N-methyl/N-ethyl adjacent to an activating group) is 1. The summed E-state index contributed by atoms with van der Waals surface area (Å²) in [5.74, 6) is 0.469. The van der Waals surface area contributed by atoms with Gasteiger partial charge in [0, 0.05) is 37.5 Å². The Morgan fingerprint density at radius 2 is 2.06 bits per heavy atom. The number of benzene rings is 1. The van der Waals surface area contributed by atoms with Crippen molar-refractivity contribution in [2.75, 3.05) is 27.3 Å². The van der Waals surface area contributed by atoms with Gasteiger partial charge in [0.25, 0.3) is 0 Å². The third-order valence-electron chi connectivity index (χ3n) is 7.04. The molecule has 0 atom stereocenters. The number of ketones is 1. The summed E-state index contributed by atoms with van der Waals surface area (Å²) in [5, 5.41) is 0. The minimum Gasteiger partial charge on any atom is -0.383 e. The van der Waals surface area contributed by atoms with Gasteiger partial charge in [0.05, 0.1) is 6.61 Å². The summed E-state index contributed by atoms with van der Waals surface area (Å²) in [4.78, 5) is 22.6. The van der Waals surface area contributed by atoms with Crippen molar-refractivity contribution in [2.45, 2.75) is 65.8 Å². The highest BCUT2D eigenvalue weighted by Crippen LogP contribution is 2.40. The van der Waals surface area contributed by atoms with E-state index in [1.807, 2.05) is 6.92 Å². The fourth-order valence-corrected chi connectivity index (χ4v) is 4.27. The van der Waals surface area contributed by atoms with E-state index >= 15 is 0 Å². The summed E-state index contributed by atoms with van der Waals surface area (Å²) in [6.07, 6.45) is 7.71. The Balaban J connectivity index is 1.97. The van der Waals surface area contributed by atoms with Crippen LogP contribution in [0.4, 0.5) is 0 Å². The summed E-state index contributed by atoms with van der Waals surface area (Å²) in [5.41, 5.74) is 5.99. The molecular formula is C27H39N3O2. The van der Waals surface area contributed by atoms with Crippen LogP contribution in [0.25, 0.3) is 5.57 Å². The second-order valence-corrected chi connectivity index (χ2v) is 10.5. The summed E-state index contributed by atoms with van der Waals surface area (Å²) in [6, 6.07) is 6.63. The highest BCUT2D eigenvalue weighted by atomic mass is 16.5. The van der Waals surface area contributed by atoms with Crippen LogP contribution in [0.5, 0.6) is 0 Å². The van der Waals surface area contributed by atoms with Gasteiger partial charge in [-0.25, -0.2) is 4.98 Å². The van der Waals surface area contributed by atoms with Crippen LogP contribution in [-0.4, -0.2) is 48.0 Å². The number of carbonyl (C=O) groups is 1. The molecule has 1 N–H and O–H groups in total. The average Bonchev–Trinajstić information content (AvgIpc) is 3.18. The Kier molecular flexibility index (Phi) is 7.41. The number of H-pyrrole nitrogens is 1. The molecule has 0 saturated carbocycles. The standard InChI is InChI=1S/C27H39N3O2/c1-19-18-28-25(29-19)24(31)16-21-8-9-22(27(4,5)30(6)14-15-32-7)17-23(21)20-10-12-26(2,3)13-11-20/h8-10,17-18H,11-16H2,1-7H3,(H,28,29). The SMILES string of the molecule is COCCN(C)C(C)(C)c1ccc(CC(=O)c2ncc(C)[nH]2)c(C2=CCC(C)(C)CC2)c1. The third-order valence-corrected chi connectivity index (χ3v) is 7.04. The molecule has 0 fully saturated rings. The number of hydrogen-bond donors (Lipinski definition) is 1. The number of allylic oxidation sites excluding steroid dienone is 2. The number of carbonyl (C=O) groups excluding carboxylic acids is 1. The van der Waals surface area contributed by atoms with Crippen molar-refractivity contribution >= 4 is 11.4 Å². The summed E-state index contributed by atoms with van der Waals surface area (Å²) in [6.45, 7) is 12.6. The minimum absolute atomic E-state index is 0.0281. The van der Waals surface area contributed by atoms with E-state index in [1.165, 1.54) is 16.7 Å². The van der Waals surface area contributed by atoms with E-state index in [4.69, 9.17) is 4.74 Å². The topological polar surface area (TPSA) is 58.2 Å². The third kappa shape index (κ3) is 5.57. The average molecular weight is 438 g/mol. The highest BCUT2D eigenvalue weighted by molar-refractivity contribution is 5.95. The maximum absolute atomic E-state index is 12.9. The monoisotopic (exact) mass is 437 g/mol. The Morgan fingerprint density at radius 1 is 1.31 bits per heavy atom. The fraction of sp³-hybridized carbons (Fsp3) is 0.556. The van der Waals surface area contributed by atoms with Crippen LogP contribution in [0.2, 0.25) is 0 Å². The molecule has 0 unspecified atom stereocenters. The number of aryl methyl sites for hydroxylation is 1. The van der Waals surface area contributed by atoms with E-state index in [9.17, 15) is 4.79 Å². The Morgan fingerprint density at radius 3 is 2.66 bits per heavy atom. The molecule has 0 amide bonds. The zero-order valence-electron chi connectivity index (χ0n) is 20.8. The van der Waals surface area contributed by atoms with Gasteiger partial charge in [-0.05, 0) is 80.8 Å². The van der Waals surface area contributed by atoms with Crippen molar-refractivity contribution in [3.63, 3.8) is 0 Å². The molecule has 0 radical (unpaired) electrons. The van der Waals surface area contributed by atoms with Crippen molar-refractivity contribution in [2.24, 2.45) is 5.41 Å². The Bertz CT molecular complexity index is 985. The Labute approximate surface area is 193 Å². The molecule has 32 heavy (non-hydrogen) atoms. The van der Waals surface area contributed by atoms with Gasteiger partial charge in [0.2, 0.25) is 5.78 Å². The minimum atomic E-state index is -0.150. The van der Waals surface area contributed by atoms with Crippen LogP contribution in [0.15, 0.2) is 30.5 Å². The second kappa shape index (κ2) is 9.72. The number of aromatic nitrogens is 2. The van der Waals surface area contributed by atoms with Crippen molar-refractivity contribution < 1.29 is 9.53 Å². The molecule has 0 aliphatic heterocycles. The molecule has 1 aliphatic rings. The molecular weight excluding hydrogens is 398 g/mol. The summed E-state index contributed by atoms with van der Waals surface area (Å²) < 4.78 is 5.29. The highest BCUT2D eigenvalue weighted by Gasteiger charge is 2.28. The van der Waals surface area contributed by atoms with Gasteiger partial charge in [0.1, 0.15) is 0 Å². The van der Waals surface area contributed by atoms with Gasteiger partial charge in [-0.3, -0.25) is 9.69 Å². The molecule has 0 bridgehead atoms. The van der Waals surface area contributed by atoms with Gasteiger partial charge in [-0.15, -0.1) is 0 Å². The van der Waals surface area contributed by atoms with E-state index in [2.05, 4.69) is 73.9 Å². The lowest BCUT2D eigenvalue weighted by Gasteiger charge is -2.37. The maximum Gasteiger partial charge on any atom is 0.202 e. The number of nitrogens with one attached hydrogen (secondary N) is 1. The van der Waals surface area contributed by atoms with Crippen molar-refractivity contribution in [3.05, 3.63) is 58.7 Å². The molecule has 1 aliphatic carbocycles. The van der Waals surface area contributed by atoms with Crippen LogP contribution < -0.4 is 0 Å². The molecule has 1 heterocycles. The smallest absolute Gasteiger partial charge is 0.202 e. The van der Waals surface area contributed by atoms with Gasteiger partial charge in [-0.2, -0.15) is 0 Å². The number of nitrogens with zero attached hydrogens (tertiary/aromatic N) is 2. The first-order chi connectivity index (χ1) is 15.0. The van der Waals surface area contributed by atoms with Crippen LogP contribution >= 0.6 is 0 Å². The number of rotatable bonds is 9. The lowest BCUT2D eigenvalue weighted by Crippen LogP contribution is -2.40. The van der Waals surface area contributed by atoms with Crippen LogP contribution in [0.3, 0.4) is 0 Å². The second-order valence-electron chi connectivity index (χ2n) is 10.5. The maximum atomic E-state index is 12.9. The van der Waals surface area contributed by atoms with Gasteiger partial charge in [0.15, 0.2) is 5.82 Å². The van der Waals surface area contributed by atoms with E-state index in [1.54, 1.807) is 13.3 Å². The molecule has 1 aromatic heterocycles. The molecule has 5 nitrogen and oxygen atoms in total. The fourth-order valence-electron chi connectivity index (χ4n) is 4.27. The lowest BCUT2D eigenvalue weighted by atomic mass is 9.75. The normalized spacial score (nSPS) is 16.3. The van der Waals surface area contributed by atoms with Crippen molar-refractivity contribution in [1.82, 2.24) is 14.9 Å². The number of Topliss-reactive ketones (excluding diaryl/α,β-unsaturated/α-hetero) is 1. The molecule has 3 rings (SSSR count). The molecule has 0 spiro atoms. The van der Waals surface area contributed by atoms with Gasteiger partial charge in [-0.1, -0.05) is 32.1 Å². The van der Waals surface area contributed by atoms with E-state index < -0.39 is 0 Å². The molecule has 5 heteroatoms. The molecule has 174 valence electrons. The summed E-state index contributed by atoms with van der Waals surface area (Å²) in [7, 11) is 3.88. The zero-order chi connectivity index (χ0) is 23.5. The van der Waals surface area contributed by atoms with Crippen molar-refractivity contribution in [1.29, 1.82) is 0 Å². The first-order valence-corrected chi connectivity index (χ1v) is 11.6. The number of aromatic amines is 1.